The van der Waals surface area contributed by atoms with Crippen molar-refractivity contribution in [1.82, 2.24) is 4.98 Å². The third kappa shape index (κ3) is 3.18. The number of thiazole rings is 1. The standard InChI is InChI=1S/C14H8BrClN2OS2/c15-9-5-6-20-12(9)13(19)18-14-17-11(7-21-14)8-3-1-2-4-10(8)16/h1-7H,(H,17,18,19). The number of carbonyl (C=O) groups excluding carboxylic acids is 1. The summed E-state index contributed by atoms with van der Waals surface area (Å²) in [5, 5.41) is 7.72. The number of nitrogens with zero attached hydrogens (tertiary/aromatic N) is 1. The molecule has 0 radical (unpaired) electrons. The number of anilines is 1. The Morgan fingerprint density at radius 2 is 2.05 bits per heavy atom. The Morgan fingerprint density at radius 3 is 2.76 bits per heavy atom. The molecule has 0 aliphatic carbocycles. The van der Waals surface area contributed by atoms with Crippen LogP contribution < -0.4 is 5.32 Å². The summed E-state index contributed by atoms with van der Waals surface area (Å²) < 4.78 is 0.785. The van der Waals surface area contributed by atoms with E-state index in [4.69, 9.17) is 11.6 Å². The second-order valence-electron chi connectivity index (χ2n) is 4.07. The number of amides is 1. The van der Waals surface area contributed by atoms with Crippen LogP contribution in [-0.2, 0) is 0 Å². The fourth-order valence-electron chi connectivity index (χ4n) is 1.73. The van der Waals surface area contributed by atoms with Crippen molar-refractivity contribution in [2.24, 2.45) is 0 Å². The van der Waals surface area contributed by atoms with Gasteiger partial charge in [-0.05, 0) is 33.4 Å². The van der Waals surface area contributed by atoms with Crippen LogP contribution in [0, 0.1) is 0 Å². The highest BCUT2D eigenvalue weighted by molar-refractivity contribution is 9.10. The van der Waals surface area contributed by atoms with Crippen LogP contribution in [0.15, 0.2) is 45.6 Å². The van der Waals surface area contributed by atoms with Gasteiger partial charge in [-0.3, -0.25) is 10.1 Å². The van der Waals surface area contributed by atoms with Gasteiger partial charge >= 0.3 is 0 Å². The van der Waals surface area contributed by atoms with Crippen LogP contribution in [-0.4, -0.2) is 10.9 Å². The zero-order valence-corrected chi connectivity index (χ0v) is 14.4. The summed E-state index contributed by atoms with van der Waals surface area (Å²) in [5.41, 5.74) is 1.61. The number of aromatic nitrogens is 1. The van der Waals surface area contributed by atoms with E-state index in [0.717, 1.165) is 15.7 Å². The first-order chi connectivity index (χ1) is 10.1. The molecule has 1 amide bonds. The molecule has 1 aromatic carbocycles. The topological polar surface area (TPSA) is 42.0 Å². The molecule has 7 heteroatoms. The van der Waals surface area contributed by atoms with E-state index in [1.54, 1.807) is 0 Å². The van der Waals surface area contributed by atoms with E-state index in [9.17, 15) is 4.79 Å². The Bertz CT molecular complexity index is 800. The largest absolute Gasteiger partial charge is 0.297 e. The molecule has 3 nitrogen and oxygen atoms in total. The Hall–Kier alpha value is -1.21. The van der Waals surface area contributed by atoms with E-state index in [1.807, 2.05) is 41.1 Å². The van der Waals surface area contributed by atoms with Gasteiger partial charge < -0.3 is 0 Å². The maximum Gasteiger partial charge on any atom is 0.268 e. The van der Waals surface area contributed by atoms with E-state index in [-0.39, 0.29) is 5.91 Å². The highest BCUT2D eigenvalue weighted by Crippen LogP contribution is 2.31. The number of hydrogen-bond acceptors (Lipinski definition) is 4. The van der Waals surface area contributed by atoms with Crippen molar-refractivity contribution in [1.29, 1.82) is 0 Å². The van der Waals surface area contributed by atoms with Crippen LogP contribution in [0.1, 0.15) is 9.67 Å². The Morgan fingerprint density at radius 1 is 1.24 bits per heavy atom. The average Bonchev–Trinajstić information content (AvgIpc) is 3.08. The summed E-state index contributed by atoms with van der Waals surface area (Å²) in [6.07, 6.45) is 0. The molecule has 0 aliphatic heterocycles. The molecule has 0 saturated carbocycles. The number of halogens is 2. The molecule has 2 heterocycles. The fourth-order valence-corrected chi connectivity index (χ4v) is 4.12. The first-order valence-electron chi connectivity index (χ1n) is 5.90. The van der Waals surface area contributed by atoms with Gasteiger partial charge in [-0.25, -0.2) is 4.98 Å². The first kappa shape index (κ1) is 14.7. The number of thiophene rings is 1. The van der Waals surface area contributed by atoms with Gasteiger partial charge in [0.25, 0.3) is 5.91 Å². The SMILES string of the molecule is O=C(Nc1nc(-c2ccccc2Cl)cs1)c1sccc1Br. The van der Waals surface area contributed by atoms with Crippen molar-refractivity contribution in [3.05, 3.63) is 55.5 Å². The first-order valence-corrected chi connectivity index (χ1v) is 8.83. The fraction of sp³-hybridized carbons (Fsp3) is 0. The second-order valence-corrected chi connectivity index (χ2v) is 7.11. The van der Waals surface area contributed by atoms with E-state index in [0.29, 0.717) is 15.0 Å². The zero-order chi connectivity index (χ0) is 14.8. The monoisotopic (exact) mass is 398 g/mol. The molecule has 0 atom stereocenters. The van der Waals surface area contributed by atoms with E-state index in [1.165, 1.54) is 22.7 Å². The van der Waals surface area contributed by atoms with Gasteiger partial charge in [0.15, 0.2) is 5.13 Å². The third-order valence-electron chi connectivity index (χ3n) is 2.70. The molecule has 3 rings (SSSR count). The smallest absolute Gasteiger partial charge is 0.268 e. The Kier molecular flexibility index (Phi) is 4.40. The number of benzene rings is 1. The van der Waals surface area contributed by atoms with Crippen LogP contribution in [0.25, 0.3) is 11.3 Å². The lowest BCUT2D eigenvalue weighted by Crippen LogP contribution is -2.10. The molecule has 0 bridgehead atoms. The average molecular weight is 400 g/mol. The number of nitrogens with one attached hydrogen (secondary N) is 1. The zero-order valence-electron chi connectivity index (χ0n) is 10.5. The van der Waals surface area contributed by atoms with Crippen LogP contribution in [0.4, 0.5) is 5.13 Å². The molecule has 1 N–H and O–H groups in total. The molecule has 0 unspecified atom stereocenters. The van der Waals surface area contributed by atoms with Gasteiger partial charge in [0.1, 0.15) is 4.88 Å². The predicted molar refractivity (Wildman–Crippen MR) is 92.5 cm³/mol. The highest BCUT2D eigenvalue weighted by atomic mass is 79.9. The molecule has 106 valence electrons. The number of hydrogen-bond donors (Lipinski definition) is 1. The molecule has 3 aromatic rings. The van der Waals surface area contributed by atoms with Crippen LogP contribution >= 0.6 is 50.2 Å². The lowest BCUT2D eigenvalue weighted by atomic mass is 10.2. The third-order valence-corrected chi connectivity index (χ3v) is 5.62. The minimum atomic E-state index is -0.170. The van der Waals surface area contributed by atoms with Crippen LogP contribution in [0.3, 0.4) is 0 Å². The minimum absolute atomic E-state index is 0.170. The number of carbonyl (C=O) groups is 1. The summed E-state index contributed by atoms with van der Waals surface area (Å²) in [5.74, 6) is -0.170. The van der Waals surface area contributed by atoms with Crippen molar-refractivity contribution in [3.8, 4) is 11.3 Å². The van der Waals surface area contributed by atoms with Crippen molar-refractivity contribution in [3.63, 3.8) is 0 Å². The molecule has 0 fully saturated rings. The van der Waals surface area contributed by atoms with Gasteiger partial charge in [0, 0.05) is 20.4 Å². The summed E-state index contributed by atoms with van der Waals surface area (Å²) in [4.78, 5) is 17.2. The summed E-state index contributed by atoms with van der Waals surface area (Å²) in [6.45, 7) is 0. The normalized spacial score (nSPS) is 10.6. The highest BCUT2D eigenvalue weighted by Gasteiger charge is 2.14. The molecule has 2 aromatic heterocycles. The lowest BCUT2D eigenvalue weighted by Gasteiger charge is -2.00. The quantitative estimate of drug-likeness (QED) is 0.628. The molecule has 0 spiro atoms. The van der Waals surface area contributed by atoms with Crippen LogP contribution in [0.2, 0.25) is 5.02 Å². The molecular weight excluding hydrogens is 392 g/mol. The van der Waals surface area contributed by atoms with Gasteiger partial charge in [-0.15, -0.1) is 22.7 Å². The summed E-state index contributed by atoms with van der Waals surface area (Å²) in [6, 6.07) is 9.34. The van der Waals surface area contributed by atoms with E-state index >= 15 is 0 Å². The molecule has 0 aliphatic rings. The lowest BCUT2D eigenvalue weighted by molar-refractivity contribution is 0.103. The summed E-state index contributed by atoms with van der Waals surface area (Å²) >= 11 is 12.2. The minimum Gasteiger partial charge on any atom is -0.297 e. The van der Waals surface area contributed by atoms with Crippen molar-refractivity contribution in [2.45, 2.75) is 0 Å². The van der Waals surface area contributed by atoms with E-state index < -0.39 is 0 Å². The van der Waals surface area contributed by atoms with Gasteiger partial charge in [0.2, 0.25) is 0 Å². The van der Waals surface area contributed by atoms with Gasteiger partial charge in [-0.2, -0.15) is 0 Å². The van der Waals surface area contributed by atoms with Gasteiger partial charge in [-0.1, -0.05) is 29.8 Å². The number of rotatable bonds is 3. The Balaban J connectivity index is 1.82. The van der Waals surface area contributed by atoms with E-state index in [2.05, 4.69) is 26.2 Å². The summed E-state index contributed by atoms with van der Waals surface area (Å²) in [7, 11) is 0. The maximum atomic E-state index is 12.1. The molecular formula is C14H8BrClN2OS2. The van der Waals surface area contributed by atoms with Crippen molar-refractivity contribution < 1.29 is 4.79 Å². The second kappa shape index (κ2) is 6.27. The van der Waals surface area contributed by atoms with Crippen molar-refractivity contribution in [2.75, 3.05) is 5.32 Å². The van der Waals surface area contributed by atoms with Crippen LogP contribution in [0.5, 0.6) is 0 Å². The maximum absolute atomic E-state index is 12.1. The van der Waals surface area contributed by atoms with Gasteiger partial charge in [0.05, 0.1) is 5.69 Å². The predicted octanol–water partition coefficient (Wildman–Crippen LogP) is 5.54. The molecule has 0 saturated heterocycles. The van der Waals surface area contributed by atoms with Crippen molar-refractivity contribution >= 4 is 61.2 Å². The molecule has 21 heavy (non-hydrogen) atoms. The Labute approximate surface area is 142 Å².